The van der Waals surface area contributed by atoms with Gasteiger partial charge in [0.1, 0.15) is 0 Å². The molecule has 0 radical (unpaired) electrons. The average Bonchev–Trinajstić information content (AvgIpc) is 2.84. The van der Waals surface area contributed by atoms with Crippen molar-refractivity contribution in [1.29, 1.82) is 0 Å². The van der Waals surface area contributed by atoms with Crippen LogP contribution in [0.15, 0.2) is 23.1 Å². The number of sulfonamides is 1. The van der Waals surface area contributed by atoms with E-state index in [4.69, 9.17) is 4.74 Å². The molecule has 1 aliphatic rings. The number of methoxy groups -OCH3 is 1. The summed E-state index contributed by atoms with van der Waals surface area (Å²) in [6.45, 7) is 2.47. The first-order valence-corrected chi connectivity index (χ1v) is 7.85. The minimum Gasteiger partial charge on any atom is -0.378 e. The van der Waals surface area contributed by atoms with Crippen molar-refractivity contribution in [2.75, 3.05) is 20.2 Å². The molecule has 1 heterocycles. The summed E-state index contributed by atoms with van der Waals surface area (Å²) in [5, 5.41) is 14.1. The number of benzene rings is 1. The lowest BCUT2D eigenvalue weighted by atomic mass is 10.2. The van der Waals surface area contributed by atoms with Crippen molar-refractivity contribution in [3.8, 4) is 0 Å². The molecule has 1 aromatic carbocycles. The van der Waals surface area contributed by atoms with Gasteiger partial charge in [0, 0.05) is 26.3 Å². The molecule has 116 valence electrons. The van der Waals surface area contributed by atoms with Gasteiger partial charge in [0.15, 0.2) is 4.90 Å². The zero-order valence-electron chi connectivity index (χ0n) is 11.7. The fourth-order valence-electron chi connectivity index (χ4n) is 2.41. The van der Waals surface area contributed by atoms with Gasteiger partial charge in [0.05, 0.1) is 17.1 Å². The van der Waals surface area contributed by atoms with Crippen LogP contribution in [0.1, 0.15) is 5.56 Å². The summed E-state index contributed by atoms with van der Waals surface area (Å²) in [5.41, 5.74) is -0.0981. The third-order valence-electron chi connectivity index (χ3n) is 3.42. The monoisotopic (exact) mass is 315 g/mol. The van der Waals surface area contributed by atoms with Gasteiger partial charge in [-0.3, -0.25) is 10.1 Å². The van der Waals surface area contributed by atoms with E-state index in [9.17, 15) is 18.5 Å². The van der Waals surface area contributed by atoms with Crippen molar-refractivity contribution in [1.82, 2.24) is 10.0 Å². The predicted molar refractivity (Wildman–Crippen MR) is 75.6 cm³/mol. The highest BCUT2D eigenvalue weighted by Gasteiger charge is 2.34. The molecule has 0 amide bonds. The van der Waals surface area contributed by atoms with Crippen LogP contribution in [0.25, 0.3) is 0 Å². The highest BCUT2D eigenvalue weighted by Crippen LogP contribution is 2.27. The van der Waals surface area contributed by atoms with Gasteiger partial charge in [0.2, 0.25) is 10.0 Å². The lowest BCUT2D eigenvalue weighted by Crippen LogP contribution is -2.43. The molecule has 2 rings (SSSR count). The highest BCUT2D eigenvalue weighted by molar-refractivity contribution is 7.89. The van der Waals surface area contributed by atoms with Crippen LogP contribution < -0.4 is 10.0 Å². The smallest absolute Gasteiger partial charge is 0.289 e. The van der Waals surface area contributed by atoms with E-state index >= 15 is 0 Å². The van der Waals surface area contributed by atoms with E-state index in [-0.39, 0.29) is 11.0 Å². The maximum Gasteiger partial charge on any atom is 0.289 e. The molecule has 1 aromatic rings. The molecule has 9 heteroatoms. The molecule has 8 nitrogen and oxygen atoms in total. The lowest BCUT2D eigenvalue weighted by molar-refractivity contribution is -0.387. The number of rotatable bonds is 5. The Morgan fingerprint density at radius 1 is 1.43 bits per heavy atom. The molecule has 0 saturated carbocycles. The second-order valence-electron chi connectivity index (χ2n) is 4.84. The molecule has 0 bridgehead atoms. The van der Waals surface area contributed by atoms with Gasteiger partial charge < -0.3 is 10.1 Å². The van der Waals surface area contributed by atoms with Gasteiger partial charge in [-0.25, -0.2) is 13.1 Å². The minimum absolute atomic E-state index is 0.295. The molecule has 1 saturated heterocycles. The number of nitrogens with one attached hydrogen (secondary N) is 2. The van der Waals surface area contributed by atoms with Crippen molar-refractivity contribution in [3.05, 3.63) is 33.9 Å². The van der Waals surface area contributed by atoms with E-state index < -0.39 is 26.7 Å². The van der Waals surface area contributed by atoms with Crippen molar-refractivity contribution in [3.63, 3.8) is 0 Å². The Labute approximate surface area is 122 Å². The van der Waals surface area contributed by atoms with E-state index in [0.29, 0.717) is 18.7 Å². The second-order valence-corrected chi connectivity index (χ2v) is 6.49. The Morgan fingerprint density at radius 3 is 2.76 bits per heavy atom. The van der Waals surface area contributed by atoms with Crippen LogP contribution in [-0.2, 0) is 14.8 Å². The molecule has 2 atom stereocenters. The van der Waals surface area contributed by atoms with E-state index in [1.54, 1.807) is 0 Å². The van der Waals surface area contributed by atoms with Gasteiger partial charge in [-0.1, -0.05) is 12.1 Å². The summed E-state index contributed by atoms with van der Waals surface area (Å²) < 4.78 is 32.7. The number of hydrogen-bond donors (Lipinski definition) is 2. The van der Waals surface area contributed by atoms with Crippen LogP contribution in [0, 0.1) is 17.0 Å². The second kappa shape index (κ2) is 6.06. The summed E-state index contributed by atoms with van der Waals surface area (Å²) in [6, 6.07) is 3.71. The van der Waals surface area contributed by atoms with Crippen LogP contribution in [0.2, 0.25) is 0 Å². The third-order valence-corrected chi connectivity index (χ3v) is 5.11. The van der Waals surface area contributed by atoms with E-state index in [2.05, 4.69) is 10.0 Å². The summed E-state index contributed by atoms with van der Waals surface area (Å²) >= 11 is 0. The van der Waals surface area contributed by atoms with Crippen molar-refractivity contribution in [2.45, 2.75) is 24.0 Å². The van der Waals surface area contributed by atoms with Gasteiger partial charge in [-0.05, 0) is 12.5 Å². The standard InChI is InChI=1S/C12H17N3O5S/c1-8-4-3-5-10(15(16)17)12(8)21(18,19)14-9-6-13-7-11(9)20-2/h3-5,9,11,13-14H,6-7H2,1-2H3/t9?,11-/m0/s1. The SMILES string of the molecule is CO[C@H]1CNCC1NS(=O)(=O)c1c(C)cccc1[N+](=O)[O-]. The van der Waals surface area contributed by atoms with Gasteiger partial charge in [0.25, 0.3) is 5.69 Å². The van der Waals surface area contributed by atoms with Crippen molar-refractivity contribution in [2.24, 2.45) is 0 Å². The molecule has 2 N–H and O–H groups in total. The normalized spacial score (nSPS) is 22.4. The first-order valence-electron chi connectivity index (χ1n) is 6.36. The molecule has 0 aromatic heterocycles. The van der Waals surface area contributed by atoms with Gasteiger partial charge in [-0.15, -0.1) is 0 Å². The first kappa shape index (κ1) is 15.8. The van der Waals surface area contributed by atoms with Crippen LogP contribution in [-0.4, -0.2) is 45.7 Å². The van der Waals surface area contributed by atoms with Crippen molar-refractivity contribution < 1.29 is 18.1 Å². The number of hydrogen-bond acceptors (Lipinski definition) is 6. The van der Waals surface area contributed by atoms with E-state index in [1.165, 1.54) is 32.2 Å². The zero-order chi connectivity index (χ0) is 15.6. The Kier molecular flexibility index (Phi) is 4.57. The molecular formula is C12H17N3O5S. The van der Waals surface area contributed by atoms with Crippen LogP contribution >= 0.6 is 0 Å². The zero-order valence-corrected chi connectivity index (χ0v) is 12.5. The Hall–Kier alpha value is -1.55. The predicted octanol–water partition coefficient (Wildman–Crippen LogP) is 0.168. The van der Waals surface area contributed by atoms with Gasteiger partial charge in [-0.2, -0.15) is 0 Å². The number of ether oxygens (including phenoxy) is 1. The van der Waals surface area contributed by atoms with E-state index in [0.717, 1.165) is 0 Å². The number of nitro benzene ring substituents is 1. The molecule has 1 fully saturated rings. The quantitative estimate of drug-likeness (QED) is 0.592. The lowest BCUT2D eigenvalue weighted by Gasteiger charge is -2.19. The maximum absolute atomic E-state index is 12.5. The topological polar surface area (TPSA) is 111 Å². The number of nitro groups is 1. The summed E-state index contributed by atoms with van der Waals surface area (Å²) in [4.78, 5) is 10.1. The fraction of sp³-hybridized carbons (Fsp3) is 0.500. The molecule has 0 aliphatic carbocycles. The van der Waals surface area contributed by atoms with Crippen LogP contribution in [0.5, 0.6) is 0 Å². The van der Waals surface area contributed by atoms with Crippen LogP contribution in [0.4, 0.5) is 5.69 Å². The fourth-order valence-corrected chi connectivity index (χ4v) is 4.07. The molecule has 0 spiro atoms. The molecule has 21 heavy (non-hydrogen) atoms. The van der Waals surface area contributed by atoms with E-state index in [1.807, 2.05) is 0 Å². The number of aryl methyl sites for hydroxylation is 1. The third kappa shape index (κ3) is 3.21. The van der Waals surface area contributed by atoms with Crippen molar-refractivity contribution >= 4 is 15.7 Å². The molecule has 1 unspecified atom stereocenters. The summed E-state index contributed by atoms with van der Waals surface area (Å²) in [5.74, 6) is 0. The average molecular weight is 315 g/mol. The number of nitrogens with zero attached hydrogens (tertiary/aromatic N) is 1. The maximum atomic E-state index is 12.5. The molecular weight excluding hydrogens is 298 g/mol. The largest absolute Gasteiger partial charge is 0.378 e. The van der Waals surface area contributed by atoms with Crippen LogP contribution in [0.3, 0.4) is 0 Å². The Balaban J connectivity index is 2.38. The Bertz CT molecular complexity index is 646. The summed E-state index contributed by atoms with van der Waals surface area (Å²) in [6.07, 6.45) is -0.303. The molecule has 1 aliphatic heterocycles. The van der Waals surface area contributed by atoms with Gasteiger partial charge >= 0.3 is 0 Å². The summed E-state index contributed by atoms with van der Waals surface area (Å²) in [7, 11) is -2.51. The first-order chi connectivity index (χ1) is 9.86. The highest BCUT2D eigenvalue weighted by atomic mass is 32.2. The Morgan fingerprint density at radius 2 is 2.14 bits per heavy atom. The minimum atomic E-state index is -4.00.